The van der Waals surface area contributed by atoms with E-state index in [0.717, 1.165) is 38.9 Å². The van der Waals surface area contributed by atoms with Crippen LogP contribution in [0.3, 0.4) is 0 Å². The highest BCUT2D eigenvalue weighted by Gasteiger charge is 1.95. The van der Waals surface area contributed by atoms with Crippen molar-refractivity contribution < 1.29 is 9.53 Å². The number of unbranched alkanes of at least 4 members (excludes halogenated alkanes) is 2. The van der Waals surface area contributed by atoms with Crippen molar-refractivity contribution in [3.63, 3.8) is 0 Å². The Labute approximate surface area is 110 Å². The molecule has 0 heterocycles. The van der Waals surface area contributed by atoms with Crippen LogP contribution in [0.25, 0.3) is 0 Å². The number of rotatable bonds is 10. The number of benzene rings is 1. The molecule has 0 aromatic heterocycles. The molecule has 0 radical (unpaired) electrons. The molecule has 1 aromatic rings. The molecule has 1 rings (SSSR count). The fourth-order valence-corrected chi connectivity index (χ4v) is 1.86. The molecule has 0 N–H and O–H groups in total. The van der Waals surface area contributed by atoms with E-state index < -0.39 is 0 Å². The van der Waals surface area contributed by atoms with Crippen LogP contribution in [0.15, 0.2) is 30.3 Å². The summed E-state index contributed by atoms with van der Waals surface area (Å²) in [5, 5.41) is 0. The summed E-state index contributed by atoms with van der Waals surface area (Å²) in [4.78, 5) is 10.7. The monoisotopic (exact) mass is 248 g/mol. The maximum Gasteiger partial charge on any atom is 0.129 e. The molecule has 0 atom stereocenters. The summed E-state index contributed by atoms with van der Waals surface area (Å²) in [6, 6.07) is 10.6. The second-order valence-corrected chi connectivity index (χ2v) is 4.71. The van der Waals surface area contributed by atoms with Crippen LogP contribution in [-0.2, 0) is 16.0 Å². The van der Waals surface area contributed by atoms with Gasteiger partial charge in [0.15, 0.2) is 0 Å². The SMILES string of the molecule is CC(=O)CCCCOCCCCc1ccccc1. The molecule has 0 aliphatic rings. The molecular formula is C16H24O2. The van der Waals surface area contributed by atoms with Gasteiger partial charge in [-0.1, -0.05) is 30.3 Å². The summed E-state index contributed by atoms with van der Waals surface area (Å²) in [5.41, 5.74) is 1.40. The van der Waals surface area contributed by atoms with Crippen molar-refractivity contribution in [3.05, 3.63) is 35.9 Å². The van der Waals surface area contributed by atoms with Crippen molar-refractivity contribution in [2.24, 2.45) is 0 Å². The van der Waals surface area contributed by atoms with Crippen molar-refractivity contribution in [2.45, 2.75) is 45.4 Å². The van der Waals surface area contributed by atoms with Crippen LogP contribution in [-0.4, -0.2) is 19.0 Å². The number of Topliss-reactive ketones (excluding diaryl/α,β-unsaturated/α-hetero) is 1. The van der Waals surface area contributed by atoms with E-state index in [1.54, 1.807) is 6.92 Å². The van der Waals surface area contributed by atoms with Crippen LogP contribution in [0.4, 0.5) is 0 Å². The molecule has 0 fully saturated rings. The first kappa shape index (κ1) is 14.9. The Morgan fingerprint density at radius 3 is 2.33 bits per heavy atom. The van der Waals surface area contributed by atoms with Gasteiger partial charge in [-0.25, -0.2) is 0 Å². The lowest BCUT2D eigenvalue weighted by atomic mass is 10.1. The first-order valence-corrected chi connectivity index (χ1v) is 6.90. The smallest absolute Gasteiger partial charge is 0.129 e. The number of hydrogen-bond donors (Lipinski definition) is 0. The maximum atomic E-state index is 10.7. The predicted octanol–water partition coefficient (Wildman–Crippen LogP) is 3.79. The van der Waals surface area contributed by atoms with E-state index in [-0.39, 0.29) is 5.78 Å². The van der Waals surface area contributed by atoms with Crippen molar-refractivity contribution in [1.29, 1.82) is 0 Å². The topological polar surface area (TPSA) is 26.3 Å². The van der Waals surface area contributed by atoms with Crippen molar-refractivity contribution in [1.82, 2.24) is 0 Å². The van der Waals surface area contributed by atoms with Crippen molar-refractivity contribution >= 4 is 5.78 Å². The molecular weight excluding hydrogens is 224 g/mol. The maximum absolute atomic E-state index is 10.7. The molecule has 2 nitrogen and oxygen atoms in total. The molecule has 1 aromatic carbocycles. The van der Waals surface area contributed by atoms with Crippen LogP contribution in [0.2, 0.25) is 0 Å². The average molecular weight is 248 g/mol. The van der Waals surface area contributed by atoms with Gasteiger partial charge in [-0.3, -0.25) is 0 Å². The van der Waals surface area contributed by atoms with Gasteiger partial charge in [-0.05, 0) is 44.6 Å². The van der Waals surface area contributed by atoms with E-state index in [2.05, 4.69) is 24.3 Å². The predicted molar refractivity (Wildman–Crippen MR) is 74.7 cm³/mol. The van der Waals surface area contributed by atoms with Crippen molar-refractivity contribution in [2.75, 3.05) is 13.2 Å². The Balaban J connectivity index is 1.86. The van der Waals surface area contributed by atoms with Gasteiger partial charge >= 0.3 is 0 Å². The fourth-order valence-electron chi connectivity index (χ4n) is 1.86. The zero-order chi connectivity index (χ0) is 13.1. The molecule has 0 amide bonds. The molecule has 18 heavy (non-hydrogen) atoms. The number of carbonyl (C=O) groups is 1. The third-order valence-corrected chi connectivity index (χ3v) is 2.91. The normalized spacial score (nSPS) is 10.5. The quantitative estimate of drug-likeness (QED) is 0.589. The number of hydrogen-bond acceptors (Lipinski definition) is 2. The number of carbonyl (C=O) groups excluding carboxylic acids is 1. The van der Waals surface area contributed by atoms with Gasteiger partial charge in [0.2, 0.25) is 0 Å². The zero-order valence-electron chi connectivity index (χ0n) is 11.4. The third-order valence-electron chi connectivity index (χ3n) is 2.91. The average Bonchev–Trinajstić information content (AvgIpc) is 2.37. The summed E-state index contributed by atoms with van der Waals surface area (Å²) < 4.78 is 5.54. The Hall–Kier alpha value is -1.15. The van der Waals surface area contributed by atoms with Gasteiger partial charge < -0.3 is 9.53 Å². The number of ether oxygens (including phenoxy) is 1. The first-order chi connectivity index (χ1) is 8.79. The summed E-state index contributed by atoms with van der Waals surface area (Å²) in [6.45, 7) is 3.27. The lowest BCUT2D eigenvalue weighted by Gasteiger charge is -2.04. The lowest BCUT2D eigenvalue weighted by Crippen LogP contribution is -1.99. The van der Waals surface area contributed by atoms with E-state index in [0.29, 0.717) is 6.42 Å². The molecule has 0 saturated carbocycles. The van der Waals surface area contributed by atoms with E-state index in [1.807, 2.05) is 6.07 Å². The largest absolute Gasteiger partial charge is 0.381 e. The summed E-state index contributed by atoms with van der Waals surface area (Å²) >= 11 is 0. The zero-order valence-corrected chi connectivity index (χ0v) is 11.4. The van der Waals surface area contributed by atoms with E-state index >= 15 is 0 Å². The van der Waals surface area contributed by atoms with Gasteiger partial charge in [0.05, 0.1) is 0 Å². The van der Waals surface area contributed by atoms with Gasteiger partial charge in [0.1, 0.15) is 5.78 Å². The second kappa shape index (κ2) is 9.84. The van der Waals surface area contributed by atoms with Crippen LogP contribution >= 0.6 is 0 Å². The minimum atomic E-state index is 0.276. The van der Waals surface area contributed by atoms with Gasteiger partial charge in [0.25, 0.3) is 0 Å². The van der Waals surface area contributed by atoms with E-state index in [1.165, 1.54) is 12.0 Å². The standard InChI is InChI=1S/C16H24O2/c1-15(17)9-5-7-13-18-14-8-6-12-16-10-3-2-4-11-16/h2-4,10-11H,5-9,12-14H2,1H3. The van der Waals surface area contributed by atoms with Crippen LogP contribution in [0.1, 0.15) is 44.6 Å². The first-order valence-electron chi connectivity index (χ1n) is 6.90. The third kappa shape index (κ3) is 8.02. The Kier molecular flexibility index (Phi) is 8.15. The Morgan fingerprint density at radius 2 is 1.67 bits per heavy atom. The van der Waals surface area contributed by atoms with Crippen molar-refractivity contribution in [3.8, 4) is 0 Å². The number of aryl methyl sites for hydroxylation is 1. The molecule has 100 valence electrons. The second-order valence-electron chi connectivity index (χ2n) is 4.71. The van der Waals surface area contributed by atoms with Gasteiger partial charge in [-0.2, -0.15) is 0 Å². The minimum absolute atomic E-state index is 0.276. The summed E-state index contributed by atoms with van der Waals surface area (Å²) in [6.07, 6.45) is 6.07. The Bertz CT molecular complexity index is 319. The van der Waals surface area contributed by atoms with Gasteiger partial charge in [-0.15, -0.1) is 0 Å². The Morgan fingerprint density at radius 1 is 1.00 bits per heavy atom. The van der Waals surface area contributed by atoms with Crippen LogP contribution in [0.5, 0.6) is 0 Å². The van der Waals surface area contributed by atoms with Crippen LogP contribution in [0, 0.1) is 0 Å². The fraction of sp³-hybridized carbons (Fsp3) is 0.562. The highest BCUT2D eigenvalue weighted by atomic mass is 16.5. The summed E-state index contributed by atoms with van der Waals surface area (Å²) in [7, 11) is 0. The molecule has 2 heteroatoms. The molecule has 0 saturated heterocycles. The lowest BCUT2D eigenvalue weighted by molar-refractivity contribution is -0.117. The molecule has 0 bridgehead atoms. The molecule has 0 aliphatic carbocycles. The van der Waals surface area contributed by atoms with Gasteiger partial charge in [0, 0.05) is 19.6 Å². The van der Waals surface area contributed by atoms with E-state index in [4.69, 9.17) is 4.74 Å². The summed E-state index contributed by atoms with van der Waals surface area (Å²) in [5.74, 6) is 0.276. The van der Waals surface area contributed by atoms with E-state index in [9.17, 15) is 4.79 Å². The number of ketones is 1. The molecule has 0 unspecified atom stereocenters. The minimum Gasteiger partial charge on any atom is -0.381 e. The molecule has 0 aliphatic heterocycles. The highest BCUT2D eigenvalue weighted by Crippen LogP contribution is 2.05. The molecule has 0 spiro atoms. The van der Waals surface area contributed by atoms with Crippen LogP contribution < -0.4 is 0 Å². The highest BCUT2D eigenvalue weighted by molar-refractivity contribution is 5.75.